The van der Waals surface area contributed by atoms with Crippen LogP contribution in [-0.2, 0) is 0 Å². The number of benzene rings is 2. The van der Waals surface area contributed by atoms with Gasteiger partial charge < -0.3 is 10.2 Å². The predicted octanol–water partition coefficient (Wildman–Crippen LogP) is 2.43. The van der Waals surface area contributed by atoms with Crippen LogP contribution in [-0.4, -0.2) is 23.2 Å². The van der Waals surface area contributed by atoms with E-state index in [9.17, 15) is 19.7 Å². The summed E-state index contributed by atoms with van der Waals surface area (Å²) in [6.45, 7) is 0.491. The third kappa shape index (κ3) is 2.05. The number of rotatable bonds is 2. The minimum Gasteiger partial charge on any atom is -0.346 e. The molecule has 0 aromatic heterocycles. The van der Waals surface area contributed by atoms with Crippen molar-refractivity contribution in [1.82, 2.24) is 5.32 Å². The largest absolute Gasteiger partial charge is 0.346 e. The van der Waals surface area contributed by atoms with E-state index >= 15 is 0 Å². The average Bonchev–Trinajstić information content (AvgIpc) is 2.60. The van der Waals surface area contributed by atoms with Crippen LogP contribution in [0.3, 0.4) is 0 Å². The van der Waals surface area contributed by atoms with Crippen molar-refractivity contribution in [3.63, 3.8) is 0 Å². The molecular weight excluding hydrogens is 310 g/mol. The van der Waals surface area contributed by atoms with Crippen LogP contribution in [0.4, 0.5) is 11.4 Å². The maximum absolute atomic E-state index is 12.4. The van der Waals surface area contributed by atoms with E-state index in [2.05, 4.69) is 5.32 Å². The van der Waals surface area contributed by atoms with Crippen LogP contribution in [0.25, 0.3) is 0 Å². The molecule has 24 heavy (non-hydrogen) atoms. The molecule has 7 heteroatoms. The highest BCUT2D eigenvalue weighted by Crippen LogP contribution is 2.39. The third-order valence-electron chi connectivity index (χ3n) is 4.45. The van der Waals surface area contributed by atoms with Gasteiger partial charge in [0.05, 0.1) is 16.2 Å². The highest BCUT2D eigenvalue weighted by molar-refractivity contribution is 6.11. The first-order valence-corrected chi connectivity index (χ1v) is 7.54. The fourth-order valence-electron chi connectivity index (χ4n) is 3.31. The number of carbonyl (C=O) groups excluding carboxylic acids is 2. The number of nitrogens with one attached hydrogen (secondary N) is 1. The number of para-hydroxylation sites is 1. The summed E-state index contributed by atoms with van der Waals surface area (Å²) < 4.78 is 0. The number of anilines is 1. The Morgan fingerprint density at radius 3 is 2.50 bits per heavy atom. The average molecular weight is 323 g/mol. The van der Waals surface area contributed by atoms with Gasteiger partial charge in [-0.1, -0.05) is 6.07 Å². The molecule has 7 nitrogen and oxygen atoms in total. The Morgan fingerprint density at radius 2 is 1.79 bits per heavy atom. The highest BCUT2D eigenvalue weighted by Gasteiger charge is 2.37. The van der Waals surface area contributed by atoms with E-state index in [1.54, 1.807) is 30.3 Å². The third-order valence-corrected chi connectivity index (χ3v) is 4.45. The van der Waals surface area contributed by atoms with Gasteiger partial charge in [0, 0.05) is 30.7 Å². The van der Waals surface area contributed by atoms with Gasteiger partial charge in [-0.15, -0.1) is 0 Å². The first kappa shape index (κ1) is 14.4. The number of hydrogen-bond donors (Lipinski definition) is 1. The zero-order valence-corrected chi connectivity index (χ0v) is 12.6. The summed E-state index contributed by atoms with van der Waals surface area (Å²) in [6.07, 6.45) is -0.0736. The molecule has 2 aromatic rings. The van der Waals surface area contributed by atoms with E-state index < -0.39 is 11.1 Å². The number of Topliss-reactive ketones (excluding diaryl/α,β-unsaturated/α-hetero) is 1. The second-order valence-corrected chi connectivity index (χ2v) is 5.79. The molecular formula is C17H13N3O4. The normalized spacial score (nSPS) is 18.8. The zero-order chi connectivity index (χ0) is 16.8. The van der Waals surface area contributed by atoms with Gasteiger partial charge in [0.25, 0.3) is 11.6 Å². The Labute approximate surface area is 137 Å². The van der Waals surface area contributed by atoms with E-state index in [1.807, 2.05) is 4.90 Å². The van der Waals surface area contributed by atoms with Crippen LogP contribution in [0.5, 0.6) is 0 Å². The van der Waals surface area contributed by atoms with Crippen molar-refractivity contribution < 1.29 is 14.5 Å². The lowest BCUT2D eigenvalue weighted by molar-refractivity contribution is -0.384. The van der Waals surface area contributed by atoms with Crippen molar-refractivity contribution in [2.24, 2.45) is 0 Å². The summed E-state index contributed by atoms with van der Waals surface area (Å²) in [5.74, 6) is -0.221. The lowest BCUT2D eigenvalue weighted by atomic mass is 9.92. The molecule has 120 valence electrons. The van der Waals surface area contributed by atoms with E-state index in [1.165, 1.54) is 12.1 Å². The highest BCUT2D eigenvalue weighted by atomic mass is 16.6. The lowest BCUT2D eigenvalue weighted by Crippen LogP contribution is -2.49. The van der Waals surface area contributed by atoms with Crippen molar-refractivity contribution in [3.8, 4) is 0 Å². The second-order valence-electron chi connectivity index (χ2n) is 5.79. The van der Waals surface area contributed by atoms with Crippen molar-refractivity contribution in [1.29, 1.82) is 0 Å². The molecule has 0 spiro atoms. The number of amides is 1. The number of carbonyl (C=O) groups is 2. The summed E-state index contributed by atoms with van der Waals surface area (Å²) in [5, 5.41) is 13.7. The second kappa shape index (κ2) is 5.16. The molecule has 4 rings (SSSR count). The standard InChI is InChI=1S/C17H13N3O4/c21-14-8-9-19-15-12(14)2-1-3-13(15)17(22)18-16(19)10-4-6-11(7-5-10)20(23)24/h1-7,16H,8-9H2,(H,18,22). The van der Waals surface area contributed by atoms with Gasteiger partial charge in [0.2, 0.25) is 0 Å². The molecule has 1 amide bonds. The van der Waals surface area contributed by atoms with Gasteiger partial charge in [-0.3, -0.25) is 19.7 Å². The van der Waals surface area contributed by atoms with Gasteiger partial charge in [-0.2, -0.15) is 0 Å². The molecule has 0 bridgehead atoms. The minimum atomic E-state index is -0.462. The maximum Gasteiger partial charge on any atom is 0.269 e. The molecule has 0 aliphatic carbocycles. The van der Waals surface area contributed by atoms with Crippen molar-refractivity contribution in [2.75, 3.05) is 11.4 Å². The topological polar surface area (TPSA) is 92.6 Å². The number of nitrogens with zero attached hydrogens (tertiary/aromatic N) is 2. The van der Waals surface area contributed by atoms with Gasteiger partial charge in [0.15, 0.2) is 5.78 Å². The summed E-state index contributed by atoms with van der Waals surface area (Å²) in [6, 6.07) is 11.2. The molecule has 0 radical (unpaired) electrons. The van der Waals surface area contributed by atoms with Gasteiger partial charge in [-0.25, -0.2) is 0 Å². The molecule has 0 fully saturated rings. The number of nitro benzene ring substituents is 1. The number of hydrogen-bond acceptors (Lipinski definition) is 5. The maximum atomic E-state index is 12.4. The number of nitro groups is 1. The molecule has 1 N–H and O–H groups in total. The number of ketones is 1. The molecule has 2 aliphatic rings. The molecule has 1 atom stereocenters. The minimum absolute atomic E-state index is 0.00389. The van der Waals surface area contributed by atoms with Crippen LogP contribution in [0.15, 0.2) is 42.5 Å². The van der Waals surface area contributed by atoms with E-state index in [-0.39, 0.29) is 17.4 Å². The lowest BCUT2D eigenvalue weighted by Gasteiger charge is -2.42. The number of non-ortho nitro benzene ring substituents is 1. The van der Waals surface area contributed by atoms with Crippen molar-refractivity contribution >= 4 is 23.1 Å². The molecule has 2 heterocycles. The molecule has 1 unspecified atom stereocenters. The predicted molar refractivity (Wildman–Crippen MR) is 86.0 cm³/mol. The quantitative estimate of drug-likeness (QED) is 0.677. The van der Waals surface area contributed by atoms with Crippen LogP contribution < -0.4 is 10.2 Å². The van der Waals surface area contributed by atoms with E-state index in [0.717, 1.165) is 5.56 Å². The van der Waals surface area contributed by atoms with E-state index in [0.29, 0.717) is 29.8 Å². The smallest absolute Gasteiger partial charge is 0.269 e. The van der Waals surface area contributed by atoms with Crippen molar-refractivity contribution in [3.05, 3.63) is 69.3 Å². The molecule has 2 aliphatic heterocycles. The first-order chi connectivity index (χ1) is 11.6. The van der Waals surface area contributed by atoms with Crippen LogP contribution in [0.2, 0.25) is 0 Å². The Bertz CT molecular complexity index is 862. The van der Waals surface area contributed by atoms with Gasteiger partial charge >= 0.3 is 0 Å². The van der Waals surface area contributed by atoms with Gasteiger partial charge in [0.1, 0.15) is 6.17 Å². The molecule has 2 aromatic carbocycles. The first-order valence-electron chi connectivity index (χ1n) is 7.54. The van der Waals surface area contributed by atoms with Crippen molar-refractivity contribution in [2.45, 2.75) is 12.6 Å². The Kier molecular flexibility index (Phi) is 3.09. The Balaban J connectivity index is 1.80. The van der Waals surface area contributed by atoms with Crippen LogP contribution in [0, 0.1) is 10.1 Å². The Hall–Kier alpha value is -3.22. The summed E-state index contributed by atoms with van der Waals surface area (Å²) in [4.78, 5) is 36.9. The summed E-state index contributed by atoms with van der Waals surface area (Å²) in [5.41, 5.74) is 2.43. The summed E-state index contributed by atoms with van der Waals surface area (Å²) >= 11 is 0. The molecule has 0 saturated carbocycles. The fraction of sp³-hybridized carbons (Fsp3) is 0.176. The summed E-state index contributed by atoms with van der Waals surface area (Å²) in [7, 11) is 0. The SMILES string of the molecule is O=C1CCN2c3c1cccc3C(=O)NC2c1ccc([N+](=O)[O-])cc1. The zero-order valence-electron chi connectivity index (χ0n) is 12.6. The Morgan fingerprint density at radius 1 is 1.08 bits per heavy atom. The fourth-order valence-corrected chi connectivity index (χ4v) is 3.31. The van der Waals surface area contributed by atoms with E-state index in [4.69, 9.17) is 0 Å². The van der Waals surface area contributed by atoms with Crippen LogP contribution in [0.1, 0.15) is 38.9 Å². The molecule has 0 saturated heterocycles. The van der Waals surface area contributed by atoms with Gasteiger partial charge in [-0.05, 0) is 29.8 Å². The monoisotopic (exact) mass is 323 g/mol. The van der Waals surface area contributed by atoms with Crippen LogP contribution >= 0.6 is 0 Å².